The Morgan fingerprint density at radius 2 is 2.05 bits per heavy atom. The third kappa shape index (κ3) is 2.98. The largest absolute Gasteiger partial charge is 0.375 e. The molecule has 2 aromatic rings. The molecule has 5 nitrogen and oxygen atoms in total. The number of aryl methyl sites for hydroxylation is 2. The Morgan fingerprint density at radius 3 is 2.74 bits per heavy atom. The minimum Gasteiger partial charge on any atom is -0.375 e. The van der Waals surface area contributed by atoms with Crippen LogP contribution in [0.1, 0.15) is 17.2 Å². The van der Waals surface area contributed by atoms with E-state index in [2.05, 4.69) is 15.2 Å². The Hall–Kier alpha value is -1.34. The Kier molecular flexibility index (Phi) is 4.26. The molecule has 0 aliphatic heterocycles. The topological polar surface area (TPSA) is 52.3 Å². The summed E-state index contributed by atoms with van der Waals surface area (Å²) in [5.41, 5.74) is 2.11. The summed E-state index contributed by atoms with van der Waals surface area (Å²) in [5.74, 6) is 0.620. The van der Waals surface area contributed by atoms with Gasteiger partial charge >= 0.3 is 0 Å². The van der Waals surface area contributed by atoms with Crippen molar-refractivity contribution in [3.8, 4) is 0 Å². The molecule has 0 saturated carbocycles. The molecule has 0 unspecified atom stereocenters. The van der Waals surface area contributed by atoms with Crippen molar-refractivity contribution in [1.82, 2.24) is 19.6 Å². The lowest BCUT2D eigenvalue weighted by Crippen LogP contribution is -2.10. The normalized spacial score (nSPS) is 11.7. The highest BCUT2D eigenvalue weighted by Crippen LogP contribution is 2.18. The van der Waals surface area contributed by atoms with E-state index in [4.69, 9.17) is 16.3 Å². The molecule has 19 heavy (non-hydrogen) atoms. The van der Waals surface area contributed by atoms with Gasteiger partial charge in [0.05, 0.1) is 12.3 Å². The molecule has 2 aromatic heterocycles. The maximum absolute atomic E-state index is 11.9. The van der Waals surface area contributed by atoms with Gasteiger partial charge < -0.3 is 4.74 Å². The van der Waals surface area contributed by atoms with Crippen molar-refractivity contribution in [2.45, 2.75) is 26.7 Å². The van der Waals surface area contributed by atoms with E-state index in [1.165, 1.54) is 0 Å². The number of fused-ring (bicyclic) bond motifs is 1. The van der Waals surface area contributed by atoms with E-state index in [0.29, 0.717) is 17.9 Å². The van der Waals surface area contributed by atoms with Crippen molar-refractivity contribution < 1.29 is 13.5 Å². The second kappa shape index (κ2) is 5.75. The number of ether oxygens (including phenoxy) is 1. The first-order valence-electron chi connectivity index (χ1n) is 5.73. The van der Waals surface area contributed by atoms with E-state index in [9.17, 15) is 8.78 Å². The highest BCUT2D eigenvalue weighted by atomic mass is 35.5. The summed E-state index contributed by atoms with van der Waals surface area (Å²) in [5, 5.41) is 8.22. The quantitative estimate of drug-likeness (QED) is 0.792. The van der Waals surface area contributed by atoms with E-state index < -0.39 is 13.0 Å². The lowest BCUT2D eigenvalue weighted by molar-refractivity contribution is 0.0182. The van der Waals surface area contributed by atoms with Crippen molar-refractivity contribution >= 4 is 17.2 Å². The first kappa shape index (κ1) is 14.1. The van der Waals surface area contributed by atoms with E-state index in [1.54, 1.807) is 4.40 Å². The van der Waals surface area contributed by atoms with Crippen LogP contribution in [0.15, 0.2) is 0 Å². The molecule has 104 valence electrons. The number of hydrogen-bond donors (Lipinski definition) is 0. The van der Waals surface area contributed by atoms with Crippen LogP contribution in [0.3, 0.4) is 0 Å². The fourth-order valence-electron chi connectivity index (χ4n) is 1.74. The lowest BCUT2D eigenvalue weighted by atomic mass is 10.3. The molecule has 0 bridgehead atoms. The summed E-state index contributed by atoms with van der Waals surface area (Å²) in [4.78, 5) is 4.15. The Balaban J connectivity index is 2.20. The molecule has 0 aliphatic carbocycles. The first-order chi connectivity index (χ1) is 9.00. The van der Waals surface area contributed by atoms with Gasteiger partial charge in [0.2, 0.25) is 0 Å². The molecule has 0 aromatic carbocycles. The van der Waals surface area contributed by atoms with Gasteiger partial charge in [-0.3, -0.25) is 4.40 Å². The summed E-state index contributed by atoms with van der Waals surface area (Å²) in [6, 6.07) is 0. The predicted octanol–water partition coefficient (Wildman–Crippen LogP) is 2.22. The molecular formula is C11H13ClF2N4O. The Labute approximate surface area is 113 Å². The summed E-state index contributed by atoms with van der Waals surface area (Å²) >= 11 is 5.99. The molecule has 8 heteroatoms. The number of hydrogen-bond acceptors (Lipinski definition) is 4. The van der Waals surface area contributed by atoms with Crippen LogP contribution in [0, 0.1) is 13.8 Å². The maximum Gasteiger partial charge on any atom is 0.261 e. The van der Waals surface area contributed by atoms with Gasteiger partial charge in [-0.2, -0.15) is 0 Å². The van der Waals surface area contributed by atoms with Gasteiger partial charge in [-0.25, -0.2) is 13.8 Å². The van der Waals surface area contributed by atoms with Crippen LogP contribution < -0.4 is 0 Å². The van der Waals surface area contributed by atoms with E-state index in [0.717, 1.165) is 11.4 Å². The van der Waals surface area contributed by atoms with Gasteiger partial charge in [0.15, 0.2) is 10.8 Å². The standard InChI is InChI=1S/C11H13ClF2N4O/c1-6-7(2)18-9(3-4-19-5-8(13)14)16-17-11(18)10(12)15-6/h8H,3-5H2,1-2H3. The zero-order chi connectivity index (χ0) is 14.0. The summed E-state index contributed by atoms with van der Waals surface area (Å²) in [7, 11) is 0. The molecule has 0 saturated heterocycles. The first-order valence-corrected chi connectivity index (χ1v) is 6.11. The summed E-state index contributed by atoms with van der Waals surface area (Å²) in [6.07, 6.45) is -2.08. The van der Waals surface area contributed by atoms with Crippen LogP contribution in [-0.2, 0) is 11.2 Å². The molecule has 2 rings (SSSR count). The molecule has 2 heterocycles. The molecule has 0 N–H and O–H groups in total. The average molecular weight is 291 g/mol. The number of nitrogens with zero attached hydrogens (tertiary/aromatic N) is 4. The van der Waals surface area contributed by atoms with Crippen LogP contribution in [-0.4, -0.2) is 39.2 Å². The second-order valence-electron chi connectivity index (χ2n) is 4.06. The third-order valence-electron chi connectivity index (χ3n) is 2.75. The fourth-order valence-corrected chi connectivity index (χ4v) is 1.99. The van der Waals surface area contributed by atoms with Crippen LogP contribution in [0.2, 0.25) is 5.15 Å². The molecular weight excluding hydrogens is 278 g/mol. The van der Waals surface area contributed by atoms with E-state index in [-0.39, 0.29) is 11.8 Å². The van der Waals surface area contributed by atoms with Crippen LogP contribution >= 0.6 is 11.6 Å². The number of alkyl halides is 2. The van der Waals surface area contributed by atoms with Crippen molar-refractivity contribution in [2.75, 3.05) is 13.2 Å². The highest BCUT2D eigenvalue weighted by molar-refractivity contribution is 6.32. The molecule has 0 aliphatic rings. The average Bonchev–Trinajstić information content (AvgIpc) is 2.76. The zero-order valence-corrected chi connectivity index (χ0v) is 11.3. The van der Waals surface area contributed by atoms with Crippen molar-refractivity contribution in [1.29, 1.82) is 0 Å². The van der Waals surface area contributed by atoms with Crippen molar-refractivity contribution in [3.63, 3.8) is 0 Å². The van der Waals surface area contributed by atoms with Gasteiger partial charge in [-0.15, -0.1) is 10.2 Å². The van der Waals surface area contributed by atoms with Crippen LogP contribution in [0.4, 0.5) is 8.78 Å². The molecule has 0 radical (unpaired) electrons. The summed E-state index contributed by atoms with van der Waals surface area (Å²) < 4.78 is 30.5. The molecule has 0 fully saturated rings. The van der Waals surface area contributed by atoms with E-state index in [1.807, 2.05) is 13.8 Å². The van der Waals surface area contributed by atoms with Gasteiger partial charge in [0.25, 0.3) is 6.43 Å². The SMILES string of the molecule is Cc1nc(Cl)c2nnc(CCOCC(F)F)n2c1C. The third-order valence-corrected chi connectivity index (χ3v) is 3.01. The smallest absolute Gasteiger partial charge is 0.261 e. The van der Waals surface area contributed by atoms with Crippen molar-refractivity contribution in [2.24, 2.45) is 0 Å². The minimum atomic E-state index is -2.46. The molecule has 0 spiro atoms. The fraction of sp³-hybridized carbons (Fsp3) is 0.545. The zero-order valence-electron chi connectivity index (χ0n) is 10.5. The number of aromatic nitrogens is 4. The summed E-state index contributed by atoms with van der Waals surface area (Å²) in [6.45, 7) is 3.29. The Bertz CT molecular complexity index is 588. The minimum absolute atomic E-state index is 0.156. The number of rotatable bonds is 5. The van der Waals surface area contributed by atoms with Crippen LogP contribution in [0.25, 0.3) is 5.65 Å². The van der Waals surface area contributed by atoms with Gasteiger partial charge in [-0.05, 0) is 13.8 Å². The van der Waals surface area contributed by atoms with E-state index >= 15 is 0 Å². The van der Waals surface area contributed by atoms with Crippen LogP contribution in [0.5, 0.6) is 0 Å². The van der Waals surface area contributed by atoms with Gasteiger partial charge in [0, 0.05) is 12.1 Å². The lowest BCUT2D eigenvalue weighted by Gasteiger charge is -2.07. The molecule has 0 amide bonds. The number of halogens is 3. The predicted molar refractivity (Wildman–Crippen MR) is 65.8 cm³/mol. The Morgan fingerprint density at radius 1 is 1.32 bits per heavy atom. The van der Waals surface area contributed by atoms with Crippen molar-refractivity contribution in [3.05, 3.63) is 22.4 Å². The monoisotopic (exact) mass is 290 g/mol. The second-order valence-corrected chi connectivity index (χ2v) is 4.42. The molecule has 0 atom stereocenters. The maximum atomic E-state index is 11.9. The van der Waals surface area contributed by atoms with Gasteiger partial charge in [-0.1, -0.05) is 11.6 Å². The van der Waals surface area contributed by atoms with Gasteiger partial charge in [0.1, 0.15) is 12.4 Å². The highest BCUT2D eigenvalue weighted by Gasteiger charge is 2.14.